The number of methoxy groups -OCH3 is 2. The minimum Gasteiger partial charge on any atom is -0.497 e. The maximum Gasteiger partial charge on any atom is 0.118 e. The zero-order valence-corrected chi connectivity index (χ0v) is 39.8. The van der Waals surface area contributed by atoms with Crippen LogP contribution in [0.3, 0.4) is 0 Å². The molecule has 0 radical (unpaired) electrons. The van der Waals surface area contributed by atoms with Crippen molar-refractivity contribution >= 4 is 5.57 Å². The third-order valence-corrected chi connectivity index (χ3v) is 12.9. The van der Waals surface area contributed by atoms with E-state index in [9.17, 15) is 0 Å². The predicted molar refractivity (Wildman–Crippen MR) is 266 cm³/mol. The molecule has 2 atom stereocenters. The van der Waals surface area contributed by atoms with Gasteiger partial charge in [0.25, 0.3) is 0 Å². The molecule has 5 aromatic rings. The molecule has 3 heteroatoms. The molecule has 2 aliphatic rings. The molecular weight excluding hydrogens is 755 g/mol. The van der Waals surface area contributed by atoms with E-state index in [1.165, 1.54) is 83.6 Å². The Morgan fingerprint density at radius 1 is 0.629 bits per heavy atom. The summed E-state index contributed by atoms with van der Waals surface area (Å²) in [5.41, 5.74) is 22.0. The molecule has 0 N–H and O–H groups in total. The minimum atomic E-state index is 0.0140. The summed E-state index contributed by atoms with van der Waals surface area (Å²) >= 11 is 0. The van der Waals surface area contributed by atoms with Crippen LogP contribution in [0.2, 0.25) is 0 Å². The summed E-state index contributed by atoms with van der Waals surface area (Å²) in [7, 11) is 3.48. The first-order valence-electron chi connectivity index (χ1n) is 22.3. The molecule has 5 aromatic carbocycles. The Balaban J connectivity index is 1.79. The SMILES string of the molecule is C=C(C)N1C(/C(=C2/C(C)=CC(C)=CC2C)c2c(-c3ccc(OC)cc3)c(-c3ccc(C(C)(C)C)cc3)cc(-c3ccc(C(C)(C)C)cc3)c2-c2ccc(OC)cc2)=C(C)CC1C. The fourth-order valence-electron chi connectivity index (χ4n) is 9.87. The Morgan fingerprint density at radius 2 is 1.05 bits per heavy atom. The Morgan fingerprint density at radius 3 is 1.42 bits per heavy atom. The maximum atomic E-state index is 5.79. The maximum absolute atomic E-state index is 5.79. The Kier molecular flexibility index (Phi) is 12.3. The van der Waals surface area contributed by atoms with Crippen LogP contribution in [0.1, 0.15) is 106 Å². The Hall–Kier alpha value is -5.80. The average Bonchev–Trinajstić information content (AvgIpc) is 3.53. The summed E-state index contributed by atoms with van der Waals surface area (Å²) in [6.07, 6.45) is 5.76. The molecule has 0 spiro atoms. The van der Waals surface area contributed by atoms with Crippen molar-refractivity contribution in [2.24, 2.45) is 5.92 Å². The fourth-order valence-corrected chi connectivity index (χ4v) is 9.87. The number of allylic oxidation sites excluding steroid dienone is 7. The van der Waals surface area contributed by atoms with Gasteiger partial charge in [0.1, 0.15) is 11.5 Å². The van der Waals surface area contributed by atoms with Gasteiger partial charge < -0.3 is 14.4 Å². The van der Waals surface area contributed by atoms with Gasteiger partial charge in [-0.05, 0) is 155 Å². The van der Waals surface area contributed by atoms with Crippen LogP contribution < -0.4 is 9.47 Å². The minimum absolute atomic E-state index is 0.0140. The van der Waals surface area contributed by atoms with Crippen LogP contribution in [0, 0.1) is 5.92 Å². The molecule has 0 aromatic heterocycles. The van der Waals surface area contributed by atoms with Gasteiger partial charge in [0.05, 0.1) is 14.2 Å². The van der Waals surface area contributed by atoms with Gasteiger partial charge in [-0.15, -0.1) is 0 Å². The van der Waals surface area contributed by atoms with E-state index in [4.69, 9.17) is 9.47 Å². The molecular formula is C59H67NO2. The van der Waals surface area contributed by atoms with E-state index in [-0.39, 0.29) is 22.8 Å². The average molecular weight is 822 g/mol. The monoisotopic (exact) mass is 822 g/mol. The van der Waals surface area contributed by atoms with Crippen molar-refractivity contribution in [3.8, 4) is 56.0 Å². The fraction of sp³-hybridized carbons (Fsp3) is 0.322. The molecule has 3 nitrogen and oxygen atoms in total. The summed E-state index contributed by atoms with van der Waals surface area (Å²) in [5, 5.41) is 0. The van der Waals surface area contributed by atoms with Gasteiger partial charge in [0.2, 0.25) is 0 Å². The quantitative estimate of drug-likeness (QED) is 0.148. The second kappa shape index (κ2) is 17.2. The van der Waals surface area contributed by atoms with E-state index in [0.717, 1.165) is 34.7 Å². The molecule has 0 saturated carbocycles. The van der Waals surface area contributed by atoms with Gasteiger partial charge >= 0.3 is 0 Å². The lowest BCUT2D eigenvalue weighted by Gasteiger charge is -2.35. The van der Waals surface area contributed by atoms with Crippen molar-refractivity contribution in [2.75, 3.05) is 14.2 Å². The molecule has 1 heterocycles. The van der Waals surface area contributed by atoms with Gasteiger partial charge in [-0.3, -0.25) is 0 Å². The van der Waals surface area contributed by atoms with Crippen molar-refractivity contribution in [2.45, 2.75) is 106 Å². The van der Waals surface area contributed by atoms with Crippen LogP contribution in [-0.4, -0.2) is 25.2 Å². The number of hydrogen-bond acceptors (Lipinski definition) is 3. The largest absolute Gasteiger partial charge is 0.497 e. The molecule has 2 unspecified atom stereocenters. The van der Waals surface area contributed by atoms with Gasteiger partial charge in [-0.25, -0.2) is 0 Å². The van der Waals surface area contributed by atoms with Gasteiger partial charge in [0, 0.05) is 34.5 Å². The lowest BCUT2D eigenvalue weighted by atomic mass is 9.73. The van der Waals surface area contributed by atoms with Crippen molar-refractivity contribution in [3.63, 3.8) is 0 Å². The van der Waals surface area contributed by atoms with E-state index >= 15 is 0 Å². The Labute approximate surface area is 373 Å². The van der Waals surface area contributed by atoms with Crippen LogP contribution in [0.15, 0.2) is 156 Å². The highest BCUT2D eigenvalue weighted by molar-refractivity contribution is 6.08. The molecule has 0 bridgehead atoms. The van der Waals surface area contributed by atoms with E-state index in [1.807, 2.05) is 0 Å². The number of benzene rings is 5. The third-order valence-electron chi connectivity index (χ3n) is 12.9. The second-order valence-corrected chi connectivity index (χ2v) is 19.8. The van der Waals surface area contributed by atoms with Crippen molar-refractivity contribution < 1.29 is 9.47 Å². The normalized spacial score (nSPS) is 17.8. The molecule has 1 aliphatic heterocycles. The highest BCUT2D eigenvalue weighted by atomic mass is 16.5. The summed E-state index contributed by atoms with van der Waals surface area (Å²) in [6.45, 7) is 32.1. The molecule has 0 fully saturated rings. The summed E-state index contributed by atoms with van der Waals surface area (Å²) in [4.78, 5) is 2.51. The van der Waals surface area contributed by atoms with E-state index in [2.05, 4.69) is 210 Å². The molecule has 7 rings (SSSR count). The van der Waals surface area contributed by atoms with Gasteiger partial charge in [-0.2, -0.15) is 0 Å². The molecule has 0 saturated heterocycles. The summed E-state index contributed by atoms with van der Waals surface area (Å²) < 4.78 is 11.6. The second-order valence-electron chi connectivity index (χ2n) is 19.8. The first-order valence-corrected chi connectivity index (χ1v) is 22.3. The lowest BCUT2D eigenvalue weighted by molar-refractivity contribution is 0.378. The van der Waals surface area contributed by atoms with Crippen LogP contribution >= 0.6 is 0 Å². The Bertz CT molecular complexity index is 2490. The first-order chi connectivity index (χ1) is 29.3. The van der Waals surface area contributed by atoms with Crippen LogP contribution in [-0.2, 0) is 10.8 Å². The van der Waals surface area contributed by atoms with E-state index in [0.29, 0.717) is 0 Å². The third kappa shape index (κ3) is 8.52. The molecule has 62 heavy (non-hydrogen) atoms. The highest BCUT2D eigenvalue weighted by Crippen LogP contribution is 2.55. The zero-order chi connectivity index (χ0) is 44.8. The number of rotatable bonds is 9. The van der Waals surface area contributed by atoms with E-state index in [1.54, 1.807) is 14.2 Å². The highest BCUT2D eigenvalue weighted by Gasteiger charge is 2.37. The number of nitrogens with zero attached hydrogens (tertiary/aromatic N) is 1. The zero-order valence-electron chi connectivity index (χ0n) is 39.8. The van der Waals surface area contributed by atoms with Crippen LogP contribution in [0.4, 0.5) is 0 Å². The van der Waals surface area contributed by atoms with Crippen LogP contribution in [0.25, 0.3) is 50.1 Å². The lowest BCUT2D eigenvalue weighted by Crippen LogP contribution is -2.27. The topological polar surface area (TPSA) is 21.7 Å². The number of ether oxygens (including phenoxy) is 2. The smallest absolute Gasteiger partial charge is 0.118 e. The number of hydrogen-bond donors (Lipinski definition) is 0. The molecule has 320 valence electrons. The van der Waals surface area contributed by atoms with Crippen molar-refractivity contribution in [1.29, 1.82) is 0 Å². The molecule has 1 aliphatic carbocycles. The first kappa shape index (κ1) is 44.3. The van der Waals surface area contributed by atoms with Crippen molar-refractivity contribution in [1.82, 2.24) is 4.90 Å². The standard InChI is InChI=1S/C59H67NO2/c1-36(2)60-41(7)34-40(6)57(60)56(52-38(4)32-37(3)33-39(52)5)55-53(44-20-28-48(61-14)29-21-44)50(42-16-24-46(25-17-42)58(8,9)10)35-51(43-18-26-47(27-19-43)59(11,12)13)54(55)45-22-30-49(62-15)31-23-45/h16-33,35,38,41H,1,34H2,2-15H3/b56-52+. The van der Waals surface area contributed by atoms with Crippen molar-refractivity contribution in [3.05, 3.63) is 172 Å². The summed E-state index contributed by atoms with van der Waals surface area (Å²) in [6, 6.07) is 38.7. The summed E-state index contributed by atoms with van der Waals surface area (Å²) in [5.74, 6) is 1.80. The predicted octanol–water partition coefficient (Wildman–Crippen LogP) is 16.2. The van der Waals surface area contributed by atoms with Crippen LogP contribution in [0.5, 0.6) is 11.5 Å². The van der Waals surface area contributed by atoms with Gasteiger partial charge in [0.15, 0.2) is 0 Å². The van der Waals surface area contributed by atoms with Gasteiger partial charge in [-0.1, -0.05) is 146 Å². The van der Waals surface area contributed by atoms with E-state index < -0.39 is 0 Å². The molecule has 0 amide bonds.